The molecule has 1 saturated heterocycles. The lowest BCUT2D eigenvalue weighted by molar-refractivity contribution is -0.384. The van der Waals surface area contributed by atoms with Crippen LogP contribution in [-0.4, -0.2) is 48.0 Å². The Kier molecular flexibility index (Phi) is 5.75. The van der Waals surface area contributed by atoms with Gasteiger partial charge in [-0.05, 0) is 31.2 Å². The van der Waals surface area contributed by atoms with Gasteiger partial charge in [-0.25, -0.2) is 0 Å². The molecule has 1 amide bonds. The summed E-state index contributed by atoms with van der Waals surface area (Å²) in [6, 6.07) is 15.2. The number of nitriles is 1. The lowest BCUT2D eigenvalue weighted by atomic mass is 10.2. The fraction of sp³-hybridized carbons (Fsp3) is 0.300. The van der Waals surface area contributed by atoms with Crippen LogP contribution < -0.4 is 9.64 Å². The normalized spacial score (nSPS) is 14.9. The first-order valence-electron chi connectivity index (χ1n) is 8.93. The monoisotopic (exact) mass is 380 g/mol. The maximum atomic E-state index is 12.7. The highest BCUT2D eigenvalue weighted by atomic mass is 16.6. The fourth-order valence-corrected chi connectivity index (χ4v) is 3.14. The number of nitro benzene ring substituents is 1. The molecule has 0 aliphatic carbocycles. The molecule has 3 rings (SSSR count). The van der Waals surface area contributed by atoms with E-state index in [1.54, 1.807) is 48.2 Å². The average molecular weight is 380 g/mol. The number of benzene rings is 2. The van der Waals surface area contributed by atoms with Gasteiger partial charge in [-0.15, -0.1) is 0 Å². The highest BCUT2D eigenvalue weighted by molar-refractivity contribution is 5.81. The van der Waals surface area contributed by atoms with E-state index in [2.05, 4.69) is 0 Å². The number of non-ortho nitro benzene ring substituents is 1. The third-order valence-electron chi connectivity index (χ3n) is 4.62. The van der Waals surface area contributed by atoms with Gasteiger partial charge in [0.2, 0.25) is 0 Å². The fourth-order valence-electron chi connectivity index (χ4n) is 3.14. The minimum Gasteiger partial charge on any atom is -0.481 e. The molecular formula is C20H20N4O4. The SMILES string of the molecule is CC(Oc1cccc(C#N)c1)C(=O)N1CCN(c2cccc([N+](=O)[O-])c2)CC1. The first kappa shape index (κ1) is 19.2. The smallest absolute Gasteiger partial charge is 0.271 e. The van der Waals surface area contributed by atoms with Gasteiger partial charge in [-0.1, -0.05) is 12.1 Å². The number of carbonyl (C=O) groups excluding carboxylic acids is 1. The Morgan fingerprint density at radius 2 is 1.89 bits per heavy atom. The zero-order chi connectivity index (χ0) is 20.1. The summed E-state index contributed by atoms with van der Waals surface area (Å²) in [6.45, 7) is 3.88. The lowest BCUT2D eigenvalue weighted by Gasteiger charge is -2.37. The number of hydrogen-bond donors (Lipinski definition) is 0. The van der Waals surface area contributed by atoms with E-state index in [1.165, 1.54) is 6.07 Å². The predicted molar refractivity (Wildman–Crippen MR) is 103 cm³/mol. The van der Waals surface area contributed by atoms with Crippen LogP contribution in [0.4, 0.5) is 11.4 Å². The van der Waals surface area contributed by atoms with Crippen LogP contribution in [0, 0.1) is 21.4 Å². The number of rotatable bonds is 5. The van der Waals surface area contributed by atoms with Crippen molar-refractivity contribution in [1.29, 1.82) is 5.26 Å². The molecule has 0 spiro atoms. The molecule has 2 aromatic carbocycles. The van der Waals surface area contributed by atoms with Gasteiger partial charge < -0.3 is 14.5 Å². The van der Waals surface area contributed by atoms with Crippen LogP contribution in [-0.2, 0) is 4.79 Å². The van der Waals surface area contributed by atoms with Crippen molar-refractivity contribution in [3.8, 4) is 11.8 Å². The van der Waals surface area contributed by atoms with Crippen molar-refractivity contribution >= 4 is 17.3 Å². The molecular weight excluding hydrogens is 360 g/mol. The second-order valence-electron chi connectivity index (χ2n) is 6.49. The van der Waals surface area contributed by atoms with Crippen LogP contribution in [0.15, 0.2) is 48.5 Å². The summed E-state index contributed by atoms with van der Waals surface area (Å²) in [5.41, 5.74) is 1.30. The van der Waals surface area contributed by atoms with Gasteiger partial charge in [0.1, 0.15) is 5.75 Å². The molecule has 144 valence electrons. The molecule has 0 saturated carbocycles. The second kappa shape index (κ2) is 8.39. The molecule has 28 heavy (non-hydrogen) atoms. The van der Waals surface area contributed by atoms with E-state index in [4.69, 9.17) is 10.00 Å². The van der Waals surface area contributed by atoms with E-state index in [-0.39, 0.29) is 11.6 Å². The van der Waals surface area contributed by atoms with Crippen molar-refractivity contribution in [3.63, 3.8) is 0 Å². The lowest BCUT2D eigenvalue weighted by Crippen LogP contribution is -2.52. The van der Waals surface area contributed by atoms with Gasteiger partial charge in [0.05, 0.1) is 16.6 Å². The summed E-state index contributed by atoms with van der Waals surface area (Å²) in [7, 11) is 0. The molecule has 8 nitrogen and oxygen atoms in total. The Labute approximate surface area is 162 Å². The number of nitrogens with zero attached hydrogens (tertiary/aromatic N) is 4. The number of nitro groups is 1. The Balaban J connectivity index is 1.58. The number of amides is 1. The summed E-state index contributed by atoms with van der Waals surface area (Å²) in [5, 5.41) is 19.9. The van der Waals surface area contributed by atoms with Crippen molar-refractivity contribution in [2.45, 2.75) is 13.0 Å². The van der Waals surface area contributed by atoms with Gasteiger partial charge >= 0.3 is 0 Å². The van der Waals surface area contributed by atoms with Gasteiger partial charge in [0, 0.05) is 44.0 Å². The summed E-state index contributed by atoms with van der Waals surface area (Å²) in [6.07, 6.45) is -0.668. The number of hydrogen-bond acceptors (Lipinski definition) is 6. The average Bonchev–Trinajstić information content (AvgIpc) is 2.73. The van der Waals surface area contributed by atoms with Crippen molar-refractivity contribution in [3.05, 3.63) is 64.2 Å². The molecule has 2 aromatic rings. The van der Waals surface area contributed by atoms with Gasteiger partial charge in [-0.3, -0.25) is 14.9 Å². The minimum atomic E-state index is -0.668. The van der Waals surface area contributed by atoms with Crippen LogP contribution in [0.1, 0.15) is 12.5 Å². The van der Waals surface area contributed by atoms with Gasteiger partial charge in [0.15, 0.2) is 6.10 Å². The Morgan fingerprint density at radius 3 is 2.57 bits per heavy atom. The number of anilines is 1. The largest absolute Gasteiger partial charge is 0.481 e. The molecule has 1 unspecified atom stereocenters. The zero-order valence-corrected chi connectivity index (χ0v) is 15.4. The molecule has 0 bridgehead atoms. The number of piperazine rings is 1. The van der Waals surface area contributed by atoms with Crippen LogP contribution in [0.25, 0.3) is 0 Å². The standard InChI is InChI=1S/C20H20N4O4/c1-15(28-19-7-2-4-16(12-19)14-21)20(25)23-10-8-22(9-11-23)17-5-3-6-18(13-17)24(26)27/h2-7,12-13,15H,8-11H2,1H3. The third-order valence-corrected chi connectivity index (χ3v) is 4.62. The van der Waals surface area contributed by atoms with Crippen molar-refractivity contribution in [2.75, 3.05) is 31.1 Å². The number of ether oxygens (including phenoxy) is 1. The topological polar surface area (TPSA) is 99.7 Å². The zero-order valence-electron chi connectivity index (χ0n) is 15.4. The molecule has 1 atom stereocenters. The molecule has 1 aliphatic rings. The van der Waals surface area contributed by atoms with Gasteiger partial charge in [0.25, 0.3) is 11.6 Å². The van der Waals surface area contributed by atoms with Crippen LogP contribution in [0.3, 0.4) is 0 Å². The highest BCUT2D eigenvalue weighted by Crippen LogP contribution is 2.22. The quantitative estimate of drug-likeness (QED) is 0.584. The van der Waals surface area contributed by atoms with Gasteiger partial charge in [-0.2, -0.15) is 5.26 Å². The van der Waals surface area contributed by atoms with Crippen molar-refractivity contribution < 1.29 is 14.5 Å². The molecule has 0 aromatic heterocycles. The first-order valence-corrected chi connectivity index (χ1v) is 8.93. The maximum absolute atomic E-state index is 12.7. The summed E-state index contributed by atoms with van der Waals surface area (Å²) in [5.74, 6) is 0.358. The second-order valence-corrected chi connectivity index (χ2v) is 6.49. The predicted octanol–water partition coefficient (Wildman–Crippen LogP) is 2.58. The summed E-state index contributed by atoms with van der Waals surface area (Å²) >= 11 is 0. The summed E-state index contributed by atoms with van der Waals surface area (Å²) < 4.78 is 5.69. The first-order chi connectivity index (χ1) is 13.5. The third kappa shape index (κ3) is 4.38. The minimum absolute atomic E-state index is 0.0534. The maximum Gasteiger partial charge on any atom is 0.271 e. The van der Waals surface area contributed by atoms with Crippen molar-refractivity contribution in [2.24, 2.45) is 0 Å². The molecule has 0 N–H and O–H groups in total. The van der Waals surface area contributed by atoms with Crippen LogP contribution in [0.2, 0.25) is 0 Å². The van der Waals surface area contributed by atoms with E-state index in [0.717, 1.165) is 5.69 Å². The molecule has 8 heteroatoms. The molecule has 1 aliphatic heterocycles. The Morgan fingerprint density at radius 1 is 1.18 bits per heavy atom. The number of carbonyl (C=O) groups is 1. The summed E-state index contributed by atoms with van der Waals surface area (Å²) in [4.78, 5) is 27.0. The Hall–Kier alpha value is -3.60. The molecule has 1 heterocycles. The van der Waals surface area contributed by atoms with Crippen molar-refractivity contribution in [1.82, 2.24) is 4.90 Å². The van der Waals surface area contributed by atoms with Crippen LogP contribution >= 0.6 is 0 Å². The Bertz CT molecular complexity index is 916. The van der Waals surface area contributed by atoms with E-state index in [1.807, 2.05) is 17.0 Å². The van der Waals surface area contributed by atoms with E-state index in [9.17, 15) is 14.9 Å². The molecule has 1 fully saturated rings. The van der Waals surface area contributed by atoms with E-state index in [0.29, 0.717) is 37.5 Å². The van der Waals surface area contributed by atoms with E-state index >= 15 is 0 Å². The highest BCUT2D eigenvalue weighted by Gasteiger charge is 2.26. The van der Waals surface area contributed by atoms with E-state index < -0.39 is 11.0 Å². The van der Waals surface area contributed by atoms with Crippen LogP contribution in [0.5, 0.6) is 5.75 Å². The molecule has 0 radical (unpaired) electrons.